The van der Waals surface area contributed by atoms with E-state index < -0.39 is 18.6 Å². The number of likely N-dealkylation sites (N-methyl/N-ethyl adjacent to an activating group) is 1. The predicted octanol–water partition coefficient (Wildman–Crippen LogP) is 0.857. The highest BCUT2D eigenvalue weighted by atomic mass is 32.1. The van der Waals surface area contributed by atoms with Gasteiger partial charge >= 0.3 is 5.97 Å². The van der Waals surface area contributed by atoms with Gasteiger partial charge in [0, 0.05) is 11.9 Å². The summed E-state index contributed by atoms with van der Waals surface area (Å²) in [5.74, 6) is -1.06. The van der Waals surface area contributed by atoms with Crippen LogP contribution in [0.3, 0.4) is 0 Å². The third-order valence-electron chi connectivity index (χ3n) is 2.19. The van der Waals surface area contributed by atoms with Crippen LogP contribution in [-0.4, -0.2) is 35.9 Å². The molecular formula is C10H13NO3S. The van der Waals surface area contributed by atoms with Crippen molar-refractivity contribution in [1.29, 1.82) is 0 Å². The van der Waals surface area contributed by atoms with E-state index in [4.69, 9.17) is 10.2 Å². The Morgan fingerprint density at radius 2 is 2.13 bits per heavy atom. The maximum Gasteiger partial charge on any atom is 0.328 e. The number of benzene rings is 1. The van der Waals surface area contributed by atoms with Gasteiger partial charge in [-0.05, 0) is 12.1 Å². The first-order chi connectivity index (χ1) is 7.07. The van der Waals surface area contributed by atoms with Gasteiger partial charge in [0.2, 0.25) is 0 Å². The van der Waals surface area contributed by atoms with Crippen LogP contribution in [0, 0.1) is 0 Å². The Hall–Kier alpha value is -1.20. The lowest BCUT2D eigenvalue weighted by Gasteiger charge is -2.26. The molecule has 5 heteroatoms. The summed E-state index contributed by atoms with van der Waals surface area (Å²) in [6.07, 6.45) is 0. The summed E-state index contributed by atoms with van der Waals surface area (Å²) in [7, 11) is 1.62. The number of aliphatic hydroxyl groups is 1. The molecule has 0 bridgehead atoms. The Labute approximate surface area is 93.6 Å². The third kappa shape index (κ3) is 2.64. The van der Waals surface area contributed by atoms with Crippen LogP contribution in [0.25, 0.3) is 0 Å². The predicted molar refractivity (Wildman–Crippen MR) is 60.6 cm³/mol. The molecule has 0 aliphatic carbocycles. The zero-order valence-corrected chi connectivity index (χ0v) is 9.19. The third-order valence-corrected chi connectivity index (χ3v) is 2.57. The summed E-state index contributed by atoms with van der Waals surface area (Å²) in [5, 5.41) is 17.8. The van der Waals surface area contributed by atoms with Crippen LogP contribution in [0.2, 0.25) is 0 Å². The molecule has 1 atom stereocenters. The average Bonchev–Trinajstić information content (AvgIpc) is 2.18. The zero-order chi connectivity index (χ0) is 11.4. The van der Waals surface area contributed by atoms with Gasteiger partial charge in [0.15, 0.2) is 0 Å². The fraction of sp³-hybridized carbons (Fsp3) is 0.300. The number of thiol groups is 1. The Balaban J connectivity index is 2.97. The van der Waals surface area contributed by atoms with E-state index in [1.807, 2.05) is 6.07 Å². The molecule has 0 spiro atoms. The maximum atomic E-state index is 10.8. The Morgan fingerprint density at radius 3 is 2.60 bits per heavy atom. The molecule has 1 rings (SSSR count). The molecular weight excluding hydrogens is 214 g/mol. The molecule has 0 amide bonds. The first-order valence-electron chi connectivity index (χ1n) is 4.42. The van der Waals surface area contributed by atoms with Gasteiger partial charge in [-0.1, -0.05) is 12.1 Å². The van der Waals surface area contributed by atoms with Crippen molar-refractivity contribution >= 4 is 24.3 Å². The van der Waals surface area contributed by atoms with Crippen molar-refractivity contribution in [3.05, 3.63) is 24.3 Å². The summed E-state index contributed by atoms with van der Waals surface area (Å²) < 4.78 is 0. The Morgan fingerprint density at radius 1 is 1.53 bits per heavy atom. The SMILES string of the molecule is CN(c1ccccc1S)C(CO)C(=O)O. The number of anilines is 1. The number of nitrogens with zero attached hydrogens (tertiary/aromatic N) is 1. The van der Waals surface area contributed by atoms with Gasteiger partial charge in [-0.2, -0.15) is 0 Å². The Bertz CT molecular complexity index is 356. The van der Waals surface area contributed by atoms with Gasteiger partial charge < -0.3 is 15.1 Å². The number of rotatable bonds is 4. The fourth-order valence-electron chi connectivity index (χ4n) is 1.30. The number of aliphatic hydroxyl groups excluding tert-OH is 1. The van der Waals surface area contributed by atoms with Gasteiger partial charge in [0.05, 0.1) is 12.3 Å². The Kier molecular flexibility index (Phi) is 3.99. The first kappa shape index (κ1) is 11.9. The average molecular weight is 227 g/mol. The maximum absolute atomic E-state index is 10.8. The summed E-state index contributed by atoms with van der Waals surface area (Å²) in [4.78, 5) is 13.0. The van der Waals surface area contributed by atoms with E-state index >= 15 is 0 Å². The normalized spacial score (nSPS) is 12.2. The number of carboxylic acids is 1. The number of aliphatic carboxylic acids is 1. The molecule has 0 fully saturated rings. The molecule has 0 heterocycles. The van der Waals surface area contributed by atoms with Crippen molar-refractivity contribution in [2.45, 2.75) is 10.9 Å². The highest BCUT2D eigenvalue weighted by Gasteiger charge is 2.22. The molecule has 1 aromatic carbocycles. The van der Waals surface area contributed by atoms with E-state index in [1.165, 1.54) is 4.90 Å². The molecule has 15 heavy (non-hydrogen) atoms. The van der Waals surface area contributed by atoms with Crippen molar-refractivity contribution in [3.63, 3.8) is 0 Å². The standard InChI is InChI=1S/C10H13NO3S/c1-11(8(6-12)10(13)14)7-4-2-3-5-9(7)15/h2-5,8,12,15H,6H2,1H3,(H,13,14). The van der Waals surface area contributed by atoms with E-state index in [0.29, 0.717) is 10.6 Å². The van der Waals surface area contributed by atoms with Gasteiger partial charge in [-0.3, -0.25) is 0 Å². The van der Waals surface area contributed by atoms with Crippen LogP contribution in [0.4, 0.5) is 5.69 Å². The van der Waals surface area contributed by atoms with Crippen LogP contribution in [0.5, 0.6) is 0 Å². The van der Waals surface area contributed by atoms with Crippen LogP contribution in [-0.2, 0) is 4.79 Å². The van der Waals surface area contributed by atoms with Crippen LogP contribution < -0.4 is 4.90 Å². The minimum Gasteiger partial charge on any atom is -0.480 e. The van der Waals surface area contributed by atoms with Crippen molar-refractivity contribution in [2.75, 3.05) is 18.6 Å². The largest absolute Gasteiger partial charge is 0.480 e. The van der Waals surface area contributed by atoms with E-state index in [-0.39, 0.29) is 0 Å². The summed E-state index contributed by atoms with van der Waals surface area (Å²) in [6, 6.07) is 6.19. The summed E-state index contributed by atoms with van der Waals surface area (Å²) >= 11 is 4.22. The lowest BCUT2D eigenvalue weighted by molar-refractivity contribution is -0.139. The molecule has 0 saturated heterocycles. The highest BCUT2D eigenvalue weighted by molar-refractivity contribution is 7.80. The summed E-state index contributed by atoms with van der Waals surface area (Å²) in [5.41, 5.74) is 0.683. The number of carbonyl (C=O) groups is 1. The van der Waals surface area contributed by atoms with Crippen molar-refractivity contribution < 1.29 is 15.0 Å². The number of hydrogen-bond donors (Lipinski definition) is 3. The number of para-hydroxylation sites is 1. The molecule has 2 N–H and O–H groups in total. The minimum absolute atomic E-state index is 0.437. The summed E-state index contributed by atoms with van der Waals surface area (Å²) in [6.45, 7) is -0.437. The molecule has 0 aromatic heterocycles. The second-order valence-corrected chi connectivity index (χ2v) is 3.62. The molecule has 0 aliphatic rings. The molecule has 82 valence electrons. The van der Waals surface area contributed by atoms with Crippen molar-refractivity contribution in [1.82, 2.24) is 0 Å². The fourth-order valence-corrected chi connectivity index (χ4v) is 1.61. The number of hydrogen-bond acceptors (Lipinski definition) is 4. The van der Waals surface area contributed by atoms with Crippen LogP contribution >= 0.6 is 12.6 Å². The van der Waals surface area contributed by atoms with Crippen molar-refractivity contribution in [2.24, 2.45) is 0 Å². The zero-order valence-electron chi connectivity index (χ0n) is 8.29. The van der Waals surface area contributed by atoms with Gasteiger partial charge in [0.25, 0.3) is 0 Å². The second kappa shape index (κ2) is 5.04. The van der Waals surface area contributed by atoms with Gasteiger partial charge in [-0.15, -0.1) is 12.6 Å². The topological polar surface area (TPSA) is 60.8 Å². The lowest BCUT2D eigenvalue weighted by atomic mass is 10.2. The molecule has 0 saturated carbocycles. The van der Waals surface area contributed by atoms with Crippen LogP contribution in [0.15, 0.2) is 29.2 Å². The highest BCUT2D eigenvalue weighted by Crippen LogP contribution is 2.23. The quantitative estimate of drug-likeness (QED) is 0.668. The molecule has 0 aliphatic heterocycles. The minimum atomic E-state index is -1.06. The van der Waals surface area contributed by atoms with Gasteiger partial charge in [-0.25, -0.2) is 4.79 Å². The van der Waals surface area contributed by atoms with E-state index in [2.05, 4.69) is 12.6 Å². The molecule has 1 unspecified atom stereocenters. The number of carboxylic acid groups (broad SMARTS) is 1. The van der Waals surface area contributed by atoms with E-state index in [9.17, 15) is 4.79 Å². The molecule has 4 nitrogen and oxygen atoms in total. The van der Waals surface area contributed by atoms with Crippen molar-refractivity contribution in [3.8, 4) is 0 Å². The molecule has 0 radical (unpaired) electrons. The monoisotopic (exact) mass is 227 g/mol. The van der Waals surface area contributed by atoms with Crippen LogP contribution in [0.1, 0.15) is 0 Å². The lowest BCUT2D eigenvalue weighted by Crippen LogP contribution is -2.41. The smallest absolute Gasteiger partial charge is 0.328 e. The molecule has 1 aromatic rings. The van der Waals surface area contributed by atoms with Gasteiger partial charge in [0.1, 0.15) is 6.04 Å². The first-order valence-corrected chi connectivity index (χ1v) is 4.87. The van der Waals surface area contributed by atoms with E-state index in [0.717, 1.165) is 0 Å². The van der Waals surface area contributed by atoms with E-state index in [1.54, 1.807) is 25.2 Å². The second-order valence-electron chi connectivity index (χ2n) is 3.14.